The summed E-state index contributed by atoms with van der Waals surface area (Å²) >= 11 is 2.16. The van der Waals surface area contributed by atoms with E-state index in [0.717, 1.165) is 17.3 Å². The van der Waals surface area contributed by atoms with Gasteiger partial charge < -0.3 is 13.9 Å². The summed E-state index contributed by atoms with van der Waals surface area (Å²) in [5.74, 6) is 1.20. The van der Waals surface area contributed by atoms with Crippen LogP contribution in [0.3, 0.4) is 0 Å². The van der Waals surface area contributed by atoms with Crippen molar-refractivity contribution in [1.82, 2.24) is 5.32 Å². The van der Waals surface area contributed by atoms with Gasteiger partial charge in [0.2, 0.25) is 5.43 Å². The number of amides is 2. The standard InChI is InChI=1S/C29H22FNO6S2.C2H6/c1-16(26-28(33)31-29(34)39-26)17-3-10-21(11-4-17)36-13-14-38-27-24(32)22-15-19(30)7-12-23(22)37-25(27)18-5-8-20(35-2)9-6-18;1-2/h3-12,15H,13-14H2,1-2H3,(H,31,33,34);1-2H3/b26-16-;. The first-order valence-corrected chi connectivity index (χ1v) is 14.6. The summed E-state index contributed by atoms with van der Waals surface area (Å²) in [4.78, 5) is 37.5. The van der Waals surface area contributed by atoms with Gasteiger partial charge in [0, 0.05) is 11.3 Å². The third-order valence-electron chi connectivity index (χ3n) is 6.01. The van der Waals surface area contributed by atoms with Crippen LogP contribution in [0.25, 0.3) is 27.9 Å². The maximum absolute atomic E-state index is 13.9. The van der Waals surface area contributed by atoms with E-state index >= 15 is 0 Å². The number of thioether (sulfide) groups is 2. The van der Waals surface area contributed by atoms with Crippen molar-refractivity contribution in [1.29, 1.82) is 0 Å². The molecule has 2 amide bonds. The van der Waals surface area contributed by atoms with Gasteiger partial charge in [-0.25, -0.2) is 4.39 Å². The Labute approximate surface area is 245 Å². The van der Waals surface area contributed by atoms with E-state index in [4.69, 9.17) is 13.9 Å². The lowest BCUT2D eigenvalue weighted by Crippen LogP contribution is -2.18. The number of halogens is 1. The number of methoxy groups -OCH3 is 1. The Morgan fingerprint density at radius 3 is 2.29 bits per heavy atom. The van der Waals surface area contributed by atoms with Crippen molar-refractivity contribution in [3.8, 4) is 22.8 Å². The second-order valence-corrected chi connectivity index (χ2v) is 10.6. The van der Waals surface area contributed by atoms with Crippen LogP contribution in [-0.4, -0.2) is 30.6 Å². The number of hydrogen-bond donors (Lipinski definition) is 1. The van der Waals surface area contributed by atoms with Gasteiger partial charge in [-0.05, 0) is 84.4 Å². The first-order chi connectivity index (χ1) is 19.8. The van der Waals surface area contributed by atoms with Gasteiger partial charge in [-0.15, -0.1) is 11.8 Å². The fraction of sp³-hybridized carbons (Fsp3) is 0.194. The molecule has 0 radical (unpaired) electrons. The van der Waals surface area contributed by atoms with E-state index in [9.17, 15) is 18.8 Å². The Hall–Kier alpha value is -4.02. The molecule has 1 aromatic heterocycles. The lowest BCUT2D eigenvalue weighted by Gasteiger charge is -2.11. The summed E-state index contributed by atoms with van der Waals surface area (Å²) < 4.78 is 31.1. The Bertz CT molecular complexity index is 1660. The normalized spacial score (nSPS) is 13.9. The number of nitrogens with one attached hydrogen (secondary N) is 1. The smallest absolute Gasteiger partial charge is 0.290 e. The summed E-state index contributed by atoms with van der Waals surface area (Å²) in [7, 11) is 1.57. The second kappa shape index (κ2) is 13.6. The summed E-state index contributed by atoms with van der Waals surface area (Å²) in [5.41, 5.74) is 2.19. The van der Waals surface area contributed by atoms with Crippen LogP contribution in [0.2, 0.25) is 0 Å². The Morgan fingerprint density at radius 2 is 1.66 bits per heavy atom. The lowest BCUT2D eigenvalue weighted by molar-refractivity contribution is -0.115. The molecule has 0 aliphatic carbocycles. The molecule has 0 spiro atoms. The van der Waals surface area contributed by atoms with Gasteiger partial charge in [0.05, 0.1) is 28.9 Å². The van der Waals surface area contributed by atoms with Crippen LogP contribution in [0.15, 0.2) is 85.7 Å². The Kier molecular flexibility index (Phi) is 9.91. The van der Waals surface area contributed by atoms with Crippen LogP contribution >= 0.6 is 23.5 Å². The van der Waals surface area contributed by atoms with E-state index in [2.05, 4.69) is 5.32 Å². The molecule has 0 bridgehead atoms. The molecule has 3 aromatic carbocycles. The van der Waals surface area contributed by atoms with E-state index in [1.165, 1.54) is 30.0 Å². The van der Waals surface area contributed by atoms with Gasteiger partial charge in [0.25, 0.3) is 11.1 Å². The highest BCUT2D eigenvalue weighted by Crippen LogP contribution is 2.34. The zero-order valence-electron chi connectivity index (χ0n) is 22.9. The highest BCUT2D eigenvalue weighted by atomic mass is 32.2. The number of ether oxygens (including phenoxy) is 2. The second-order valence-electron chi connectivity index (χ2n) is 8.48. The zero-order valence-corrected chi connectivity index (χ0v) is 24.5. The fourth-order valence-corrected chi connectivity index (χ4v) is 5.66. The maximum atomic E-state index is 13.9. The highest BCUT2D eigenvalue weighted by molar-refractivity contribution is 8.18. The molecule has 0 unspecified atom stereocenters. The molecule has 5 rings (SSSR count). The third kappa shape index (κ3) is 6.83. The molecule has 0 atom stereocenters. The van der Waals surface area contributed by atoms with Gasteiger partial charge in [-0.2, -0.15) is 0 Å². The van der Waals surface area contributed by atoms with E-state index < -0.39 is 11.7 Å². The van der Waals surface area contributed by atoms with Crippen LogP contribution in [-0.2, 0) is 4.79 Å². The number of hydrogen-bond acceptors (Lipinski definition) is 8. The van der Waals surface area contributed by atoms with Crippen LogP contribution < -0.4 is 20.2 Å². The van der Waals surface area contributed by atoms with Crippen LogP contribution in [0.5, 0.6) is 11.5 Å². The van der Waals surface area contributed by atoms with Crippen molar-refractivity contribution < 1.29 is 27.9 Å². The minimum Gasteiger partial charge on any atom is -0.497 e. The topological polar surface area (TPSA) is 94.8 Å². The van der Waals surface area contributed by atoms with Gasteiger partial charge in [-0.1, -0.05) is 26.0 Å². The predicted molar refractivity (Wildman–Crippen MR) is 162 cm³/mol. The zero-order chi connectivity index (χ0) is 29.5. The van der Waals surface area contributed by atoms with Crippen molar-refractivity contribution in [2.75, 3.05) is 19.5 Å². The van der Waals surface area contributed by atoms with E-state index in [0.29, 0.717) is 56.1 Å². The number of rotatable bonds is 8. The number of fused-ring (bicyclic) bond motifs is 1. The molecule has 41 heavy (non-hydrogen) atoms. The molecule has 1 saturated heterocycles. The molecule has 0 saturated carbocycles. The monoisotopic (exact) mass is 593 g/mol. The Balaban J connectivity index is 0.00000189. The van der Waals surface area contributed by atoms with E-state index in [1.807, 2.05) is 26.0 Å². The Morgan fingerprint density at radius 1 is 0.976 bits per heavy atom. The fourth-order valence-electron chi connectivity index (χ4n) is 4.01. The van der Waals surface area contributed by atoms with Crippen molar-refractivity contribution in [2.24, 2.45) is 0 Å². The molecule has 1 fully saturated rings. The third-order valence-corrected chi connectivity index (χ3v) is 8.02. The predicted octanol–water partition coefficient (Wildman–Crippen LogP) is 7.52. The average Bonchev–Trinajstić information content (AvgIpc) is 3.34. The van der Waals surface area contributed by atoms with Crippen LogP contribution in [0.1, 0.15) is 26.3 Å². The van der Waals surface area contributed by atoms with Crippen molar-refractivity contribution in [3.05, 3.63) is 93.2 Å². The minimum absolute atomic E-state index is 0.173. The van der Waals surface area contributed by atoms with Crippen molar-refractivity contribution >= 4 is 51.2 Å². The quantitative estimate of drug-likeness (QED) is 0.127. The molecule has 7 nitrogen and oxygen atoms in total. The van der Waals surface area contributed by atoms with E-state index in [-0.39, 0.29) is 16.1 Å². The molecule has 1 aliphatic heterocycles. The first-order valence-electron chi connectivity index (χ1n) is 12.8. The number of benzene rings is 3. The molecular formula is C31H28FNO6S2. The van der Waals surface area contributed by atoms with Gasteiger partial charge in [-0.3, -0.25) is 19.7 Å². The van der Waals surface area contributed by atoms with Crippen molar-refractivity contribution in [2.45, 2.75) is 25.7 Å². The van der Waals surface area contributed by atoms with Crippen LogP contribution in [0, 0.1) is 5.82 Å². The minimum atomic E-state index is -0.514. The molecule has 1 N–H and O–H groups in total. The molecule has 4 aromatic rings. The molecular weight excluding hydrogens is 565 g/mol. The first kappa shape index (κ1) is 30.0. The summed E-state index contributed by atoms with van der Waals surface area (Å²) in [6.07, 6.45) is 0. The highest BCUT2D eigenvalue weighted by Gasteiger charge is 2.27. The van der Waals surface area contributed by atoms with Crippen molar-refractivity contribution in [3.63, 3.8) is 0 Å². The van der Waals surface area contributed by atoms with Gasteiger partial charge in [0.15, 0.2) is 5.76 Å². The van der Waals surface area contributed by atoms with Crippen LogP contribution in [0.4, 0.5) is 9.18 Å². The largest absolute Gasteiger partial charge is 0.497 e. The number of imide groups is 1. The summed E-state index contributed by atoms with van der Waals surface area (Å²) in [6, 6.07) is 18.2. The number of allylic oxidation sites excluding steroid dienone is 1. The maximum Gasteiger partial charge on any atom is 0.290 e. The van der Waals surface area contributed by atoms with E-state index in [1.54, 1.807) is 50.4 Å². The van der Waals surface area contributed by atoms with Gasteiger partial charge in [0.1, 0.15) is 22.9 Å². The van der Waals surface area contributed by atoms with Gasteiger partial charge >= 0.3 is 0 Å². The molecule has 1 aliphatic rings. The molecule has 10 heteroatoms. The molecule has 212 valence electrons. The summed E-state index contributed by atoms with van der Waals surface area (Å²) in [6.45, 7) is 6.08. The lowest BCUT2D eigenvalue weighted by atomic mass is 10.1. The SMILES string of the molecule is CC.COc1ccc(-c2oc3ccc(F)cc3c(=O)c2SCCOc2ccc(/C(C)=C3\SC(=O)NC3=O)cc2)cc1. The summed E-state index contributed by atoms with van der Waals surface area (Å²) in [5, 5.41) is 2.05. The molecule has 2 heterocycles. The average molecular weight is 594 g/mol. The number of carbonyl (C=O) groups excluding carboxylic acids is 2. The number of carbonyl (C=O) groups is 2.